The third-order valence-electron chi connectivity index (χ3n) is 6.25. The molecule has 0 fully saturated rings. The highest BCUT2D eigenvalue weighted by Gasteiger charge is 2.45. The van der Waals surface area contributed by atoms with E-state index >= 15 is 0 Å². The molecular weight excluding hydrogens is 540 g/mol. The predicted molar refractivity (Wildman–Crippen MR) is 151 cm³/mol. The summed E-state index contributed by atoms with van der Waals surface area (Å²) in [5.74, 6) is -0.944. The average Bonchev–Trinajstić information content (AvgIpc) is 3.48. The lowest BCUT2D eigenvalue weighted by Crippen LogP contribution is -2.30. The van der Waals surface area contributed by atoms with Crippen LogP contribution in [0.15, 0.2) is 78.1 Å². The molecule has 2 heterocycles. The fourth-order valence-corrected chi connectivity index (χ4v) is 5.71. The summed E-state index contributed by atoms with van der Waals surface area (Å²) in [6.07, 6.45) is 2.96. The van der Waals surface area contributed by atoms with Gasteiger partial charge < -0.3 is 19.3 Å². The van der Waals surface area contributed by atoms with Gasteiger partial charge in [0.2, 0.25) is 5.75 Å². The molecule has 8 nitrogen and oxygen atoms in total. The van der Waals surface area contributed by atoms with Crippen LogP contribution in [0.2, 0.25) is 5.02 Å². The molecular formula is C29H23ClN2O6S. The van der Waals surface area contributed by atoms with Crippen molar-refractivity contribution in [3.05, 3.63) is 94.2 Å². The standard InChI is InChI=1S/C29H23ClN2O6S/c1-36-21-13-17(14-22(37-2)27(21)38-3)25-24(20(33)12-9-16-7-5-4-6-8-16)26(34)28(35)32(25)29-31-19-11-10-18(30)15-23(19)39-29/h4-15,25,34H,1-3H3. The molecule has 0 saturated heterocycles. The number of carbonyl (C=O) groups excluding carboxylic acids is 2. The minimum atomic E-state index is -1.03. The Morgan fingerprint density at radius 1 is 1.03 bits per heavy atom. The first kappa shape index (κ1) is 26.3. The van der Waals surface area contributed by atoms with E-state index in [9.17, 15) is 14.7 Å². The SMILES string of the molecule is COc1cc(C2C(C(=O)C=Cc3ccccc3)=C(O)C(=O)N2c2nc3ccc(Cl)cc3s2)cc(OC)c1OC. The highest BCUT2D eigenvalue weighted by molar-refractivity contribution is 7.22. The Morgan fingerprint density at radius 3 is 2.36 bits per heavy atom. The Hall–Kier alpha value is -4.34. The van der Waals surface area contributed by atoms with Crippen LogP contribution in [0.5, 0.6) is 17.2 Å². The number of anilines is 1. The average molecular weight is 563 g/mol. The van der Waals surface area contributed by atoms with Crippen LogP contribution < -0.4 is 19.1 Å². The lowest BCUT2D eigenvalue weighted by atomic mass is 9.95. The first-order valence-corrected chi connectivity index (χ1v) is 13.0. The summed E-state index contributed by atoms with van der Waals surface area (Å²) < 4.78 is 17.2. The van der Waals surface area contributed by atoms with Crippen LogP contribution in [0, 0.1) is 0 Å². The third kappa shape index (κ3) is 4.82. The molecule has 0 radical (unpaired) electrons. The van der Waals surface area contributed by atoms with Gasteiger partial charge in [-0.3, -0.25) is 14.5 Å². The molecule has 1 atom stereocenters. The van der Waals surface area contributed by atoms with E-state index < -0.39 is 23.5 Å². The maximum absolute atomic E-state index is 13.6. The molecule has 1 unspecified atom stereocenters. The summed E-state index contributed by atoms with van der Waals surface area (Å²) in [4.78, 5) is 33.0. The highest BCUT2D eigenvalue weighted by atomic mass is 35.5. The van der Waals surface area contributed by atoms with Gasteiger partial charge in [-0.25, -0.2) is 4.98 Å². The van der Waals surface area contributed by atoms with Crippen molar-refractivity contribution in [1.29, 1.82) is 0 Å². The predicted octanol–water partition coefficient (Wildman–Crippen LogP) is 6.16. The molecule has 1 aliphatic heterocycles. The molecule has 3 aromatic carbocycles. The Balaban J connectivity index is 1.68. The topological polar surface area (TPSA) is 98.2 Å². The number of carbonyl (C=O) groups is 2. The van der Waals surface area contributed by atoms with E-state index in [1.807, 2.05) is 30.3 Å². The van der Waals surface area contributed by atoms with Crippen molar-refractivity contribution in [3.8, 4) is 17.2 Å². The summed E-state index contributed by atoms with van der Waals surface area (Å²) in [5.41, 5.74) is 1.77. The molecule has 0 bridgehead atoms. The third-order valence-corrected chi connectivity index (χ3v) is 7.50. The van der Waals surface area contributed by atoms with E-state index in [1.165, 1.54) is 43.6 Å². The molecule has 5 rings (SSSR count). The number of halogens is 1. The quantitative estimate of drug-likeness (QED) is 0.257. The molecule has 1 aromatic heterocycles. The van der Waals surface area contributed by atoms with Gasteiger partial charge in [0.15, 0.2) is 28.2 Å². The number of amides is 1. The largest absolute Gasteiger partial charge is 0.503 e. The molecule has 10 heteroatoms. The normalized spacial score (nSPS) is 15.4. The van der Waals surface area contributed by atoms with Crippen LogP contribution in [0.4, 0.5) is 5.13 Å². The second-order valence-corrected chi connectivity index (χ2v) is 9.96. The number of fused-ring (bicyclic) bond motifs is 1. The first-order chi connectivity index (χ1) is 18.9. The van der Waals surface area contributed by atoms with Crippen LogP contribution >= 0.6 is 22.9 Å². The number of hydrogen-bond donors (Lipinski definition) is 1. The van der Waals surface area contributed by atoms with E-state index in [2.05, 4.69) is 4.98 Å². The number of thiazole rings is 1. The van der Waals surface area contributed by atoms with E-state index in [1.54, 1.807) is 36.4 Å². The number of methoxy groups -OCH3 is 3. The van der Waals surface area contributed by atoms with Crippen molar-refractivity contribution in [2.45, 2.75) is 6.04 Å². The molecule has 39 heavy (non-hydrogen) atoms. The number of benzene rings is 3. The van der Waals surface area contributed by atoms with Crippen molar-refractivity contribution in [2.75, 3.05) is 26.2 Å². The van der Waals surface area contributed by atoms with E-state index in [-0.39, 0.29) is 10.7 Å². The molecule has 1 amide bonds. The molecule has 0 aliphatic carbocycles. The molecule has 0 spiro atoms. The zero-order valence-corrected chi connectivity index (χ0v) is 22.7. The number of ether oxygens (including phenoxy) is 3. The molecule has 1 N–H and O–H groups in total. The van der Waals surface area contributed by atoms with Gasteiger partial charge in [-0.1, -0.05) is 59.3 Å². The summed E-state index contributed by atoms with van der Waals surface area (Å²) >= 11 is 7.39. The van der Waals surface area contributed by atoms with Gasteiger partial charge in [-0.15, -0.1) is 0 Å². The lowest BCUT2D eigenvalue weighted by molar-refractivity contribution is -0.117. The van der Waals surface area contributed by atoms with Crippen molar-refractivity contribution >= 4 is 56.1 Å². The second-order valence-electron chi connectivity index (χ2n) is 8.52. The number of allylic oxidation sites excluding steroid dienone is 1. The summed E-state index contributed by atoms with van der Waals surface area (Å²) in [6.45, 7) is 0. The minimum Gasteiger partial charge on any atom is -0.503 e. The highest BCUT2D eigenvalue weighted by Crippen LogP contribution is 2.47. The monoisotopic (exact) mass is 562 g/mol. The number of nitrogens with zero attached hydrogens (tertiary/aromatic N) is 2. The number of aliphatic hydroxyl groups excluding tert-OH is 1. The van der Waals surface area contributed by atoms with Gasteiger partial charge in [0.25, 0.3) is 5.91 Å². The lowest BCUT2D eigenvalue weighted by Gasteiger charge is -2.25. The Kier molecular flexibility index (Phi) is 7.28. The number of hydrogen-bond acceptors (Lipinski definition) is 8. The Morgan fingerprint density at radius 2 is 1.72 bits per heavy atom. The van der Waals surface area contributed by atoms with Gasteiger partial charge in [0.05, 0.1) is 43.2 Å². The van der Waals surface area contributed by atoms with Crippen molar-refractivity contribution in [3.63, 3.8) is 0 Å². The number of aliphatic hydroxyl groups is 1. The maximum Gasteiger partial charge on any atom is 0.296 e. The summed E-state index contributed by atoms with van der Waals surface area (Å²) in [7, 11) is 4.42. The van der Waals surface area contributed by atoms with Crippen molar-refractivity contribution in [1.82, 2.24) is 4.98 Å². The van der Waals surface area contributed by atoms with Gasteiger partial charge in [0.1, 0.15) is 0 Å². The van der Waals surface area contributed by atoms with Crippen LogP contribution in [0.3, 0.4) is 0 Å². The fourth-order valence-electron chi connectivity index (χ4n) is 4.44. The molecule has 1 aliphatic rings. The zero-order valence-electron chi connectivity index (χ0n) is 21.2. The summed E-state index contributed by atoms with van der Waals surface area (Å²) in [5, 5.41) is 11.9. The van der Waals surface area contributed by atoms with Crippen molar-refractivity contribution in [2.24, 2.45) is 0 Å². The minimum absolute atomic E-state index is 0.0984. The van der Waals surface area contributed by atoms with Gasteiger partial charge in [0, 0.05) is 5.02 Å². The Bertz CT molecular complexity index is 1620. The van der Waals surface area contributed by atoms with E-state index in [0.717, 1.165) is 10.3 Å². The van der Waals surface area contributed by atoms with E-state index in [0.29, 0.717) is 33.4 Å². The van der Waals surface area contributed by atoms with E-state index in [4.69, 9.17) is 25.8 Å². The Labute approximate surface area is 233 Å². The number of aromatic nitrogens is 1. The van der Waals surface area contributed by atoms with Crippen molar-refractivity contribution < 1.29 is 28.9 Å². The number of ketones is 1. The molecule has 0 saturated carbocycles. The van der Waals surface area contributed by atoms with Crippen LogP contribution in [0.25, 0.3) is 16.3 Å². The van der Waals surface area contributed by atoms with Crippen LogP contribution in [-0.2, 0) is 9.59 Å². The van der Waals surface area contributed by atoms with Crippen LogP contribution in [-0.4, -0.2) is 43.1 Å². The van der Waals surface area contributed by atoms with Gasteiger partial charge in [-0.05, 0) is 47.5 Å². The second kappa shape index (κ2) is 10.8. The summed E-state index contributed by atoms with van der Waals surface area (Å²) in [6, 6.07) is 16.7. The fraction of sp³-hybridized carbons (Fsp3) is 0.138. The molecule has 4 aromatic rings. The maximum atomic E-state index is 13.6. The van der Waals surface area contributed by atoms with Gasteiger partial charge >= 0.3 is 0 Å². The molecule has 198 valence electrons. The smallest absolute Gasteiger partial charge is 0.296 e. The van der Waals surface area contributed by atoms with Crippen LogP contribution in [0.1, 0.15) is 17.2 Å². The first-order valence-electron chi connectivity index (χ1n) is 11.8. The zero-order chi connectivity index (χ0) is 27.7. The van der Waals surface area contributed by atoms with Gasteiger partial charge in [-0.2, -0.15) is 0 Å². The number of rotatable bonds is 8.